The molecule has 1 unspecified atom stereocenters. The molecule has 0 saturated carbocycles. The highest BCUT2D eigenvalue weighted by atomic mass is 16.5. The number of carbonyl (C=O) groups is 1. The van der Waals surface area contributed by atoms with Gasteiger partial charge in [-0.3, -0.25) is 0 Å². The average Bonchev–Trinajstić information content (AvgIpc) is 2.83. The number of aromatic nitrogens is 1. The lowest BCUT2D eigenvalue weighted by molar-refractivity contribution is 0.0527. The van der Waals surface area contributed by atoms with E-state index >= 15 is 0 Å². The van der Waals surface area contributed by atoms with Crippen molar-refractivity contribution in [3.63, 3.8) is 0 Å². The number of nitrogens with two attached hydrogens (primary N) is 1. The van der Waals surface area contributed by atoms with E-state index in [4.69, 9.17) is 10.5 Å². The molecular formula is C14H22N4O2. The summed E-state index contributed by atoms with van der Waals surface area (Å²) in [5.41, 5.74) is 6.71. The smallest absolute Gasteiger partial charge is 0.340 e. The first-order valence-corrected chi connectivity index (χ1v) is 6.99. The van der Waals surface area contributed by atoms with Crippen LogP contribution in [0.1, 0.15) is 30.1 Å². The van der Waals surface area contributed by atoms with Gasteiger partial charge in [-0.2, -0.15) is 0 Å². The molecule has 1 aromatic heterocycles. The number of carbonyl (C=O) groups excluding carboxylic acids is 1. The van der Waals surface area contributed by atoms with Crippen molar-refractivity contribution in [2.24, 2.45) is 0 Å². The molecule has 6 heteroatoms. The second kappa shape index (κ2) is 6.56. The Hall–Kier alpha value is -1.82. The van der Waals surface area contributed by atoms with Crippen LogP contribution in [-0.2, 0) is 4.74 Å². The molecule has 1 aromatic rings. The molecular weight excluding hydrogens is 256 g/mol. The number of esters is 1. The molecule has 0 bridgehead atoms. The van der Waals surface area contributed by atoms with Gasteiger partial charge in [0.05, 0.1) is 17.9 Å². The van der Waals surface area contributed by atoms with Crippen molar-refractivity contribution in [1.82, 2.24) is 9.88 Å². The molecule has 3 N–H and O–H groups in total. The van der Waals surface area contributed by atoms with E-state index in [-0.39, 0.29) is 0 Å². The molecule has 1 aliphatic heterocycles. The Bertz CT molecular complexity index is 478. The molecule has 1 atom stereocenters. The van der Waals surface area contributed by atoms with Gasteiger partial charge in [0.25, 0.3) is 0 Å². The molecule has 1 aliphatic rings. The molecule has 20 heavy (non-hydrogen) atoms. The Balaban J connectivity index is 2.04. The van der Waals surface area contributed by atoms with Crippen molar-refractivity contribution in [2.45, 2.75) is 25.8 Å². The number of hydrogen-bond acceptors (Lipinski definition) is 6. The van der Waals surface area contributed by atoms with Gasteiger partial charge >= 0.3 is 5.97 Å². The molecule has 0 aliphatic carbocycles. The monoisotopic (exact) mass is 278 g/mol. The van der Waals surface area contributed by atoms with Crippen LogP contribution in [0.4, 0.5) is 11.5 Å². The minimum absolute atomic E-state index is 0.330. The number of pyridine rings is 1. The summed E-state index contributed by atoms with van der Waals surface area (Å²) >= 11 is 0. The lowest BCUT2D eigenvalue weighted by Crippen LogP contribution is -2.32. The maximum atomic E-state index is 11.8. The van der Waals surface area contributed by atoms with Crippen molar-refractivity contribution >= 4 is 17.5 Å². The molecule has 0 radical (unpaired) electrons. The number of hydrogen-bond donors (Lipinski definition) is 2. The predicted octanol–water partition coefficient (Wildman–Crippen LogP) is 1.35. The summed E-state index contributed by atoms with van der Waals surface area (Å²) in [7, 11) is 2.12. The summed E-state index contributed by atoms with van der Waals surface area (Å²) in [4.78, 5) is 18.3. The van der Waals surface area contributed by atoms with E-state index in [0.29, 0.717) is 29.7 Å². The zero-order valence-corrected chi connectivity index (χ0v) is 12.1. The van der Waals surface area contributed by atoms with Gasteiger partial charge in [-0.15, -0.1) is 0 Å². The summed E-state index contributed by atoms with van der Waals surface area (Å²) in [5, 5.41) is 3.24. The normalized spacial score (nSPS) is 19.0. The third-order valence-corrected chi connectivity index (χ3v) is 3.66. The van der Waals surface area contributed by atoms with Crippen LogP contribution in [0.2, 0.25) is 0 Å². The van der Waals surface area contributed by atoms with E-state index in [2.05, 4.69) is 22.2 Å². The molecule has 6 nitrogen and oxygen atoms in total. The highest BCUT2D eigenvalue weighted by Crippen LogP contribution is 2.22. The quantitative estimate of drug-likeness (QED) is 0.791. The molecule has 1 fully saturated rings. The highest BCUT2D eigenvalue weighted by Gasteiger charge is 2.21. The molecule has 110 valence electrons. The molecule has 0 amide bonds. The van der Waals surface area contributed by atoms with Crippen molar-refractivity contribution in [1.29, 1.82) is 0 Å². The number of likely N-dealkylation sites (N-methyl/N-ethyl adjacent to an activating group) is 1. The summed E-state index contributed by atoms with van der Waals surface area (Å²) in [6.07, 6.45) is 3.96. The zero-order valence-electron chi connectivity index (χ0n) is 12.1. The van der Waals surface area contributed by atoms with Crippen molar-refractivity contribution in [2.75, 3.05) is 37.8 Å². The molecule has 0 aromatic carbocycles. The minimum Gasteiger partial charge on any atom is -0.462 e. The van der Waals surface area contributed by atoms with E-state index in [1.165, 1.54) is 12.8 Å². The van der Waals surface area contributed by atoms with Crippen LogP contribution in [-0.4, -0.2) is 48.6 Å². The summed E-state index contributed by atoms with van der Waals surface area (Å²) in [6.45, 7) is 4.00. The van der Waals surface area contributed by atoms with E-state index in [1.807, 2.05) is 0 Å². The van der Waals surface area contributed by atoms with Crippen LogP contribution < -0.4 is 11.1 Å². The van der Waals surface area contributed by atoms with E-state index in [9.17, 15) is 4.79 Å². The lowest BCUT2D eigenvalue weighted by Gasteiger charge is -2.20. The van der Waals surface area contributed by atoms with Gasteiger partial charge in [-0.05, 0) is 39.4 Å². The first kappa shape index (κ1) is 14.6. The number of anilines is 2. The number of rotatable bonds is 5. The van der Waals surface area contributed by atoms with Crippen molar-refractivity contribution < 1.29 is 9.53 Å². The summed E-state index contributed by atoms with van der Waals surface area (Å²) in [5.74, 6) is 0.143. The third kappa shape index (κ3) is 3.19. The fourth-order valence-corrected chi connectivity index (χ4v) is 2.45. The minimum atomic E-state index is -0.409. The largest absolute Gasteiger partial charge is 0.462 e. The average molecular weight is 278 g/mol. The maximum absolute atomic E-state index is 11.8. The molecule has 0 spiro atoms. The fourth-order valence-electron chi connectivity index (χ4n) is 2.45. The van der Waals surface area contributed by atoms with E-state index < -0.39 is 5.97 Å². The number of nitrogen functional groups attached to an aromatic ring is 1. The molecule has 2 rings (SSSR count). The van der Waals surface area contributed by atoms with Gasteiger partial charge in [0.1, 0.15) is 5.82 Å². The van der Waals surface area contributed by atoms with Crippen LogP contribution in [0.5, 0.6) is 0 Å². The SMILES string of the molecule is CCOC(=O)c1ccnc(NCC2CCCN2C)c1N. The van der Waals surface area contributed by atoms with Crippen LogP contribution in [0.3, 0.4) is 0 Å². The Morgan fingerprint density at radius 2 is 2.45 bits per heavy atom. The molecule has 2 heterocycles. The number of ether oxygens (including phenoxy) is 1. The Kier molecular flexibility index (Phi) is 4.79. The Morgan fingerprint density at radius 1 is 1.65 bits per heavy atom. The summed E-state index contributed by atoms with van der Waals surface area (Å²) in [6, 6.07) is 2.07. The van der Waals surface area contributed by atoms with E-state index in [1.54, 1.807) is 19.2 Å². The third-order valence-electron chi connectivity index (χ3n) is 3.66. The molecule has 1 saturated heterocycles. The van der Waals surface area contributed by atoms with E-state index in [0.717, 1.165) is 13.1 Å². The van der Waals surface area contributed by atoms with Gasteiger partial charge < -0.3 is 20.7 Å². The van der Waals surface area contributed by atoms with Gasteiger partial charge in [-0.25, -0.2) is 9.78 Å². The standard InChI is InChI=1S/C14H22N4O2/c1-3-20-14(19)11-6-7-16-13(12(11)15)17-9-10-5-4-8-18(10)2/h6-7,10H,3-5,8-9,15H2,1-2H3,(H,16,17). The first-order chi connectivity index (χ1) is 9.63. The predicted molar refractivity (Wildman–Crippen MR) is 78.7 cm³/mol. The fraction of sp³-hybridized carbons (Fsp3) is 0.571. The Morgan fingerprint density at radius 3 is 3.10 bits per heavy atom. The number of likely N-dealkylation sites (tertiary alicyclic amines) is 1. The second-order valence-corrected chi connectivity index (χ2v) is 5.00. The van der Waals surface area contributed by atoms with Gasteiger partial charge in [-0.1, -0.05) is 0 Å². The second-order valence-electron chi connectivity index (χ2n) is 5.00. The summed E-state index contributed by atoms with van der Waals surface area (Å²) < 4.78 is 4.98. The van der Waals surface area contributed by atoms with Crippen LogP contribution >= 0.6 is 0 Å². The number of nitrogens with one attached hydrogen (secondary N) is 1. The number of nitrogens with zero attached hydrogens (tertiary/aromatic N) is 2. The topological polar surface area (TPSA) is 80.5 Å². The Labute approximate surface area is 119 Å². The first-order valence-electron chi connectivity index (χ1n) is 6.99. The van der Waals surface area contributed by atoms with Crippen LogP contribution in [0, 0.1) is 0 Å². The van der Waals surface area contributed by atoms with Gasteiger partial charge in [0.2, 0.25) is 0 Å². The van der Waals surface area contributed by atoms with Crippen LogP contribution in [0.25, 0.3) is 0 Å². The zero-order chi connectivity index (χ0) is 14.5. The van der Waals surface area contributed by atoms with Gasteiger partial charge in [0, 0.05) is 18.8 Å². The maximum Gasteiger partial charge on any atom is 0.340 e. The van der Waals surface area contributed by atoms with Crippen LogP contribution in [0.15, 0.2) is 12.3 Å². The van der Waals surface area contributed by atoms with Crippen molar-refractivity contribution in [3.05, 3.63) is 17.8 Å². The highest BCUT2D eigenvalue weighted by molar-refractivity contribution is 5.97. The lowest BCUT2D eigenvalue weighted by atomic mass is 10.2. The van der Waals surface area contributed by atoms with Gasteiger partial charge in [0.15, 0.2) is 0 Å². The van der Waals surface area contributed by atoms with Crippen molar-refractivity contribution in [3.8, 4) is 0 Å².